The van der Waals surface area contributed by atoms with E-state index in [1.807, 2.05) is 79.4 Å². The van der Waals surface area contributed by atoms with Crippen molar-refractivity contribution >= 4 is 29.0 Å². The summed E-state index contributed by atoms with van der Waals surface area (Å²) in [6.45, 7) is 3.99. The highest BCUT2D eigenvalue weighted by Gasteiger charge is 2.42. The van der Waals surface area contributed by atoms with Crippen molar-refractivity contribution < 1.29 is 18.7 Å². The van der Waals surface area contributed by atoms with Gasteiger partial charge in [-0.25, -0.2) is 4.79 Å². The Hall–Kier alpha value is -4.17. The van der Waals surface area contributed by atoms with Crippen molar-refractivity contribution in [1.82, 2.24) is 10.3 Å². The van der Waals surface area contributed by atoms with Gasteiger partial charge in [0.25, 0.3) is 0 Å². The van der Waals surface area contributed by atoms with E-state index in [1.54, 1.807) is 24.4 Å². The molecular formula is C29H27N3O4S. The number of thiocarbonyl (C=S) groups is 1. The zero-order valence-electron chi connectivity index (χ0n) is 20.8. The maximum absolute atomic E-state index is 12.0. The molecule has 2 atom stereocenters. The summed E-state index contributed by atoms with van der Waals surface area (Å²) < 4.78 is 17.1. The Morgan fingerprint density at radius 3 is 2.57 bits per heavy atom. The summed E-state index contributed by atoms with van der Waals surface area (Å²) in [7, 11) is 1.36. The van der Waals surface area contributed by atoms with Crippen LogP contribution in [0, 0.1) is 0 Å². The number of hydrogen-bond acceptors (Lipinski definition) is 6. The molecular weight excluding hydrogens is 486 g/mol. The molecule has 0 aliphatic carbocycles. The molecule has 1 saturated heterocycles. The molecule has 0 amide bonds. The van der Waals surface area contributed by atoms with E-state index in [2.05, 4.69) is 10.3 Å². The summed E-state index contributed by atoms with van der Waals surface area (Å²) in [6.07, 6.45) is 1.85. The van der Waals surface area contributed by atoms with E-state index in [0.717, 1.165) is 22.7 Å². The van der Waals surface area contributed by atoms with Crippen LogP contribution in [0.25, 0.3) is 11.3 Å². The fourth-order valence-electron chi connectivity index (χ4n) is 4.46. The zero-order chi connectivity index (χ0) is 25.9. The van der Waals surface area contributed by atoms with E-state index in [4.69, 9.17) is 26.1 Å². The van der Waals surface area contributed by atoms with Gasteiger partial charge in [-0.15, -0.1) is 0 Å². The molecule has 0 bridgehead atoms. The van der Waals surface area contributed by atoms with Gasteiger partial charge >= 0.3 is 5.97 Å². The predicted octanol–water partition coefficient (Wildman–Crippen LogP) is 6.09. The number of pyridine rings is 1. The lowest BCUT2D eigenvalue weighted by atomic mass is 10.0. The number of furan rings is 1. The van der Waals surface area contributed by atoms with E-state index >= 15 is 0 Å². The Labute approximate surface area is 221 Å². The van der Waals surface area contributed by atoms with Gasteiger partial charge < -0.3 is 24.1 Å². The third kappa shape index (κ3) is 5.06. The van der Waals surface area contributed by atoms with Gasteiger partial charge in [0.15, 0.2) is 5.11 Å². The molecule has 1 aliphatic rings. The number of carbonyl (C=O) groups excluding carboxylic acids is 1. The summed E-state index contributed by atoms with van der Waals surface area (Å²) >= 11 is 5.80. The molecule has 5 rings (SSSR count). The predicted molar refractivity (Wildman–Crippen MR) is 146 cm³/mol. The average Bonchev–Trinajstić information content (AvgIpc) is 3.54. The molecule has 188 valence electrons. The second-order valence-electron chi connectivity index (χ2n) is 8.93. The number of nitrogens with zero attached hydrogens (tertiary/aromatic N) is 2. The number of hydrogen-bond donors (Lipinski definition) is 1. The van der Waals surface area contributed by atoms with Crippen molar-refractivity contribution in [2.24, 2.45) is 0 Å². The number of aromatic nitrogens is 1. The van der Waals surface area contributed by atoms with Crippen LogP contribution >= 0.6 is 12.2 Å². The van der Waals surface area contributed by atoms with Crippen LogP contribution in [0.4, 0.5) is 5.69 Å². The van der Waals surface area contributed by atoms with Crippen LogP contribution in [-0.2, 0) is 4.74 Å². The molecule has 1 aliphatic heterocycles. The van der Waals surface area contributed by atoms with Crippen molar-refractivity contribution in [2.75, 3.05) is 12.0 Å². The first-order valence-corrected chi connectivity index (χ1v) is 12.4. The molecule has 1 N–H and O–H groups in total. The van der Waals surface area contributed by atoms with Crippen molar-refractivity contribution in [3.63, 3.8) is 0 Å². The lowest BCUT2D eigenvalue weighted by Gasteiger charge is -2.26. The van der Waals surface area contributed by atoms with Gasteiger partial charge in [-0.05, 0) is 86.7 Å². The van der Waals surface area contributed by atoms with Crippen LogP contribution in [0.5, 0.6) is 5.75 Å². The van der Waals surface area contributed by atoms with Gasteiger partial charge in [0.05, 0.1) is 30.5 Å². The van der Waals surface area contributed by atoms with Crippen molar-refractivity contribution in [1.29, 1.82) is 0 Å². The smallest absolute Gasteiger partial charge is 0.337 e. The summed E-state index contributed by atoms with van der Waals surface area (Å²) in [6, 6.07) is 24.2. The van der Waals surface area contributed by atoms with Gasteiger partial charge in [0.2, 0.25) is 0 Å². The van der Waals surface area contributed by atoms with Crippen LogP contribution in [0.15, 0.2) is 89.5 Å². The minimum atomic E-state index is -0.398. The molecule has 0 spiro atoms. The first kappa shape index (κ1) is 24.5. The van der Waals surface area contributed by atoms with Gasteiger partial charge in [0, 0.05) is 17.4 Å². The molecule has 2 aromatic carbocycles. The molecule has 0 unspecified atom stereocenters. The second-order valence-corrected chi connectivity index (χ2v) is 9.32. The number of carbonyl (C=O) groups is 1. The summed E-state index contributed by atoms with van der Waals surface area (Å²) in [5.41, 5.74) is 2.99. The molecule has 2 aromatic heterocycles. The lowest BCUT2D eigenvalue weighted by molar-refractivity contribution is 0.0600. The third-order valence-electron chi connectivity index (χ3n) is 6.07. The number of esters is 1. The van der Waals surface area contributed by atoms with E-state index in [9.17, 15) is 4.79 Å². The molecule has 8 heteroatoms. The number of nitrogens with one attached hydrogen (secondary N) is 1. The van der Waals surface area contributed by atoms with Gasteiger partial charge in [0.1, 0.15) is 23.3 Å². The van der Waals surface area contributed by atoms with Crippen molar-refractivity contribution in [3.05, 3.63) is 102 Å². The topological polar surface area (TPSA) is 76.8 Å². The van der Waals surface area contributed by atoms with E-state index in [-0.39, 0.29) is 18.2 Å². The van der Waals surface area contributed by atoms with Crippen LogP contribution in [0.1, 0.15) is 47.7 Å². The molecule has 0 radical (unpaired) electrons. The van der Waals surface area contributed by atoms with Gasteiger partial charge in [-0.3, -0.25) is 4.98 Å². The standard InChI is InChI=1S/C29H27N3O4S/c1-18(2)35-22-12-10-21(11-13-22)32-27(26(31-29(32)37)23-9-4-5-16-30-23)25-15-14-24(36-25)19-7-6-8-20(17-19)28(33)34-3/h4-18,26-27H,1-3H3,(H,31,37)/t26-,27-/m0/s1. The Morgan fingerprint density at radius 2 is 1.86 bits per heavy atom. The molecule has 4 aromatic rings. The minimum Gasteiger partial charge on any atom is -0.491 e. The highest BCUT2D eigenvalue weighted by Crippen LogP contribution is 2.43. The zero-order valence-corrected chi connectivity index (χ0v) is 21.6. The van der Waals surface area contributed by atoms with Crippen LogP contribution in [-0.4, -0.2) is 29.3 Å². The fourth-order valence-corrected chi connectivity index (χ4v) is 4.81. The Bertz CT molecular complexity index is 1400. The van der Waals surface area contributed by atoms with Gasteiger partial charge in [-0.2, -0.15) is 0 Å². The molecule has 37 heavy (non-hydrogen) atoms. The quantitative estimate of drug-likeness (QED) is 0.235. The fraction of sp³-hybridized carbons (Fsp3) is 0.207. The van der Waals surface area contributed by atoms with Crippen LogP contribution in [0.3, 0.4) is 0 Å². The normalized spacial score (nSPS) is 17.1. The number of benzene rings is 2. The number of rotatable bonds is 7. The largest absolute Gasteiger partial charge is 0.491 e. The summed E-state index contributed by atoms with van der Waals surface area (Å²) in [5, 5.41) is 4.01. The van der Waals surface area contributed by atoms with Gasteiger partial charge in [-0.1, -0.05) is 18.2 Å². The van der Waals surface area contributed by atoms with E-state index < -0.39 is 5.97 Å². The molecule has 7 nitrogen and oxygen atoms in total. The number of ether oxygens (including phenoxy) is 2. The first-order valence-electron chi connectivity index (χ1n) is 12.0. The Kier molecular flexibility index (Phi) is 6.92. The van der Waals surface area contributed by atoms with Crippen molar-refractivity contribution in [2.45, 2.75) is 32.0 Å². The summed E-state index contributed by atoms with van der Waals surface area (Å²) in [5.74, 6) is 1.74. The van der Waals surface area contributed by atoms with Crippen LogP contribution < -0.4 is 15.0 Å². The second kappa shape index (κ2) is 10.4. The first-order chi connectivity index (χ1) is 17.9. The van der Waals surface area contributed by atoms with E-state index in [1.165, 1.54) is 7.11 Å². The number of anilines is 1. The average molecular weight is 514 g/mol. The third-order valence-corrected chi connectivity index (χ3v) is 6.39. The van der Waals surface area contributed by atoms with Crippen LogP contribution in [0.2, 0.25) is 0 Å². The molecule has 1 fully saturated rings. The lowest BCUT2D eigenvalue weighted by Crippen LogP contribution is -2.29. The summed E-state index contributed by atoms with van der Waals surface area (Å²) in [4.78, 5) is 18.7. The minimum absolute atomic E-state index is 0.0842. The Morgan fingerprint density at radius 1 is 1.05 bits per heavy atom. The maximum atomic E-state index is 12.0. The highest BCUT2D eigenvalue weighted by molar-refractivity contribution is 7.80. The molecule has 3 heterocycles. The Balaban J connectivity index is 1.54. The highest BCUT2D eigenvalue weighted by atomic mass is 32.1. The van der Waals surface area contributed by atoms with Crippen molar-refractivity contribution in [3.8, 4) is 17.1 Å². The SMILES string of the molecule is COC(=O)c1cccc(-c2ccc([C@H]3[C@H](c4ccccn4)NC(=S)N3c3ccc(OC(C)C)cc3)o2)c1. The molecule has 0 saturated carbocycles. The monoisotopic (exact) mass is 513 g/mol. The van der Waals surface area contributed by atoms with E-state index in [0.29, 0.717) is 22.2 Å². The maximum Gasteiger partial charge on any atom is 0.337 e. The number of methoxy groups -OCH3 is 1.